The van der Waals surface area contributed by atoms with Crippen molar-refractivity contribution in [3.63, 3.8) is 0 Å². The van der Waals surface area contributed by atoms with E-state index in [0.29, 0.717) is 0 Å². The third kappa shape index (κ3) is 3.10. The Labute approximate surface area is 123 Å². The fourth-order valence-corrected chi connectivity index (χ4v) is 2.66. The monoisotopic (exact) mass is 321 g/mol. The van der Waals surface area contributed by atoms with Crippen molar-refractivity contribution in [2.75, 3.05) is 6.54 Å². The van der Waals surface area contributed by atoms with Crippen molar-refractivity contribution in [3.8, 4) is 0 Å². The van der Waals surface area contributed by atoms with Gasteiger partial charge < -0.3 is 9.73 Å². The van der Waals surface area contributed by atoms with Crippen LogP contribution in [0.1, 0.15) is 41.0 Å². The van der Waals surface area contributed by atoms with Gasteiger partial charge in [-0.15, -0.1) is 0 Å². The number of hydrogen-bond acceptors (Lipinski definition) is 2. The van der Waals surface area contributed by atoms with Crippen LogP contribution in [0.4, 0.5) is 0 Å². The molecule has 0 amide bonds. The van der Waals surface area contributed by atoms with Gasteiger partial charge in [-0.3, -0.25) is 0 Å². The Morgan fingerprint density at radius 3 is 2.37 bits per heavy atom. The summed E-state index contributed by atoms with van der Waals surface area (Å²) in [4.78, 5) is 0. The van der Waals surface area contributed by atoms with E-state index in [1.54, 1.807) is 0 Å². The summed E-state index contributed by atoms with van der Waals surface area (Å²) in [6.45, 7) is 9.47. The lowest BCUT2D eigenvalue weighted by Crippen LogP contribution is -2.22. The number of furan rings is 1. The van der Waals surface area contributed by atoms with Gasteiger partial charge in [0, 0.05) is 0 Å². The summed E-state index contributed by atoms with van der Waals surface area (Å²) >= 11 is 3.37. The van der Waals surface area contributed by atoms with Crippen molar-refractivity contribution in [2.24, 2.45) is 0 Å². The molecule has 1 unspecified atom stereocenters. The number of aryl methyl sites for hydroxylation is 3. The molecule has 0 radical (unpaired) electrons. The van der Waals surface area contributed by atoms with Crippen molar-refractivity contribution in [1.82, 2.24) is 5.32 Å². The first kappa shape index (κ1) is 14.4. The van der Waals surface area contributed by atoms with E-state index in [1.165, 1.54) is 22.3 Å². The molecule has 1 aromatic heterocycles. The van der Waals surface area contributed by atoms with Crippen molar-refractivity contribution < 1.29 is 4.42 Å². The molecule has 0 bridgehead atoms. The Balaban J connectivity index is 2.47. The standard InChI is InChI=1S/C16H20BrNO/c1-5-18-16(14-6-7-15(17)19-14)13-9-11(3)10(2)8-12(13)4/h6-9,16,18H,5H2,1-4H3. The van der Waals surface area contributed by atoms with Crippen LogP contribution in [0.5, 0.6) is 0 Å². The molecular weight excluding hydrogens is 302 g/mol. The van der Waals surface area contributed by atoms with E-state index in [9.17, 15) is 0 Å². The molecule has 0 aliphatic heterocycles. The van der Waals surface area contributed by atoms with Gasteiger partial charge in [-0.25, -0.2) is 0 Å². The summed E-state index contributed by atoms with van der Waals surface area (Å²) in [6, 6.07) is 8.57. The minimum atomic E-state index is 0.107. The molecule has 0 spiro atoms. The summed E-state index contributed by atoms with van der Waals surface area (Å²) in [5.41, 5.74) is 5.22. The van der Waals surface area contributed by atoms with Gasteiger partial charge >= 0.3 is 0 Å². The highest BCUT2D eigenvalue weighted by Gasteiger charge is 2.19. The Bertz CT molecular complexity index is 574. The average Bonchev–Trinajstić information content (AvgIpc) is 2.78. The lowest BCUT2D eigenvalue weighted by Gasteiger charge is -2.20. The maximum absolute atomic E-state index is 5.73. The van der Waals surface area contributed by atoms with Gasteiger partial charge in [0.2, 0.25) is 0 Å². The van der Waals surface area contributed by atoms with E-state index >= 15 is 0 Å². The second-order valence-electron chi connectivity index (χ2n) is 4.93. The van der Waals surface area contributed by atoms with E-state index in [1.807, 2.05) is 12.1 Å². The second kappa shape index (κ2) is 5.93. The lowest BCUT2D eigenvalue weighted by atomic mass is 9.94. The maximum atomic E-state index is 5.73. The van der Waals surface area contributed by atoms with Gasteiger partial charge in [0.1, 0.15) is 5.76 Å². The molecule has 0 saturated carbocycles. The number of nitrogens with one attached hydrogen (secondary N) is 1. The molecule has 1 aromatic carbocycles. The summed E-state index contributed by atoms with van der Waals surface area (Å²) in [7, 11) is 0. The van der Waals surface area contributed by atoms with Gasteiger partial charge in [-0.1, -0.05) is 19.1 Å². The number of benzene rings is 1. The van der Waals surface area contributed by atoms with Gasteiger partial charge in [0.05, 0.1) is 6.04 Å². The van der Waals surface area contributed by atoms with Gasteiger partial charge in [0.25, 0.3) is 0 Å². The van der Waals surface area contributed by atoms with Crippen LogP contribution in [-0.2, 0) is 0 Å². The van der Waals surface area contributed by atoms with Crippen molar-refractivity contribution in [1.29, 1.82) is 0 Å². The van der Waals surface area contributed by atoms with E-state index in [2.05, 4.69) is 61.1 Å². The third-order valence-corrected chi connectivity index (χ3v) is 3.91. The first-order chi connectivity index (χ1) is 9.02. The highest BCUT2D eigenvalue weighted by Crippen LogP contribution is 2.29. The summed E-state index contributed by atoms with van der Waals surface area (Å²) in [6.07, 6.45) is 0. The lowest BCUT2D eigenvalue weighted by molar-refractivity contribution is 0.436. The Morgan fingerprint density at radius 2 is 1.79 bits per heavy atom. The van der Waals surface area contributed by atoms with Crippen LogP contribution in [0.15, 0.2) is 33.4 Å². The smallest absolute Gasteiger partial charge is 0.169 e. The Hall–Kier alpha value is -1.06. The van der Waals surface area contributed by atoms with E-state index < -0.39 is 0 Å². The zero-order valence-electron chi connectivity index (χ0n) is 11.9. The quantitative estimate of drug-likeness (QED) is 0.885. The van der Waals surface area contributed by atoms with Crippen LogP contribution >= 0.6 is 15.9 Å². The number of rotatable bonds is 4. The van der Waals surface area contributed by atoms with E-state index in [4.69, 9.17) is 4.42 Å². The van der Waals surface area contributed by atoms with Crippen molar-refractivity contribution in [2.45, 2.75) is 33.7 Å². The molecule has 2 rings (SSSR count). The van der Waals surface area contributed by atoms with Gasteiger partial charge in [-0.2, -0.15) is 0 Å². The molecule has 1 N–H and O–H groups in total. The maximum Gasteiger partial charge on any atom is 0.169 e. The van der Waals surface area contributed by atoms with Gasteiger partial charge in [-0.05, 0) is 77.6 Å². The van der Waals surface area contributed by atoms with Gasteiger partial charge in [0.15, 0.2) is 4.67 Å². The normalized spacial score (nSPS) is 12.7. The molecular formula is C16H20BrNO. The van der Waals surface area contributed by atoms with Crippen LogP contribution in [0, 0.1) is 20.8 Å². The van der Waals surface area contributed by atoms with Crippen LogP contribution in [0.25, 0.3) is 0 Å². The number of hydrogen-bond donors (Lipinski definition) is 1. The van der Waals surface area contributed by atoms with E-state index in [-0.39, 0.29) is 6.04 Å². The molecule has 0 saturated heterocycles. The molecule has 102 valence electrons. The fourth-order valence-electron chi connectivity index (χ4n) is 2.35. The predicted octanol–water partition coefficient (Wildman–Crippen LogP) is 4.67. The highest BCUT2D eigenvalue weighted by molar-refractivity contribution is 9.10. The zero-order chi connectivity index (χ0) is 14.0. The topological polar surface area (TPSA) is 25.2 Å². The molecule has 0 aliphatic carbocycles. The Morgan fingerprint density at radius 1 is 1.11 bits per heavy atom. The molecule has 0 fully saturated rings. The molecule has 2 nitrogen and oxygen atoms in total. The molecule has 3 heteroatoms. The van der Waals surface area contributed by atoms with E-state index in [0.717, 1.165) is 17.0 Å². The predicted molar refractivity (Wildman–Crippen MR) is 82.6 cm³/mol. The zero-order valence-corrected chi connectivity index (χ0v) is 13.5. The Kier molecular flexibility index (Phi) is 4.48. The molecule has 1 atom stereocenters. The van der Waals surface area contributed by atoms with Crippen LogP contribution < -0.4 is 5.32 Å². The third-order valence-electron chi connectivity index (χ3n) is 3.48. The average molecular weight is 322 g/mol. The fraction of sp³-hybridized carbons (Fsp3) is 0.375. The SMILES string of the molecule is CCNC(c1ccc(Br)o1)c1cc(C)c(C)cc1C. The van der Waals surface area contributed by atoms with Crippen molar-refractivity contribution in [3.05, 3.63) is 56.9 Å². The number of halogens is 1. The highest BCUT2D eigenvalue weighted by atomic mass is 79.9. The molecule has 2 aromatic rings. The molecule has 19 heavy (non-hydrogen) atoms. The minimum Gasteiger partial charge on any atom is -0.452 e. The second-order valence-corrected chi connectivity index (χ2v) is 5.71. The first-order valence-electron chi connectivity index (χ1n) is 6.59. The minimum absolute atomic E-state index is 0.107. The van der Waals surface area contributed by atoms with Crippen LogP contribution in [0.2, 0.25) is 0 Å². The van der Waals surface area contributed by atoms with Crippen LogP contribution in [-0.4, -0.2) is 6.54 Å². The summed E-state index contributed by atoms with van der Waals surface area (Å²) in [5, 5.41) is 3.50. The summed E-state index contributed by atoms with van der Waals surface area (Å²) in [5.74, 6) is 0.945. The molecule has 0 aliphatic rings. The van der Waals surface area contributed by atoms with Crippen molar-refractivity contribution >= 4 is 15.9 Å². The summed E-state index contributed by atoms with van der Waals surface area (Å²) < 4.78 is 6.50. The molecule has 1 heterocycles. The van der Waals surface area contributed by atoms with Crippen LogP contribution in [0.3, 0.4) is 0 Å². The first-order valence-corrected chi connectivity index (χ1v) is 7.38. The largest absolute Gasteiger partial charge is 0.452 e.